The lowest BCUT2D eigenvalue weighted by atomic mass is 10.1. The standard InChI is InChI=1S/C20H19F3N4O5.ClH/c21-20(22,23)32-14-3-1-2-13(10-14)27-8-9-31-16(19(27)30)15(28)18(29)26-12-6-4-11(5-7-12)17(24)25;/h1-7,10,15-16,28H,8-9H2,(H3,24,25)(H,26,29);1H/t15-,16-;/m1./s1. The van der Waals surface area contributed by atoms with Crippen LogP contribution in [0.15, 0.2) is 48.5 Å². The molecular formula is C20H20ClF3N4O5. The van der Waals surface area contributed by atoms with Crippen LogP contribution in [0.25, 0.3) is 0 Å². The lowest BCUT2D eigenvalue weighted by Gasteiger charge is -2.34. The van der Waals surface area contributed by atoms with Gasteiger partial charge in [-0.15, -0.1) is 25.6 Å². The predicted molar refractivity (Wildman–Crippen MR) is 115 cm³/mol. The van der Waals surface area contributed by atoms with Crippen molar-refractivity contribution in [3.8, 4) is 5.75 Å². The third kappa shape index (κ3) is 6.57. The Labute approximate surface area is 192 Å². The van der Waals surface area contributed by atoms with E-state index in [4.69, 9.17) is 15.9 Å². The molecule has 1 saturated heterocycles. The lowest BCUT2D eigenvalue weighted by Crippen LogP contribution is -2.55. The molecule has 33 heavy (non-hydrogen) atoms. The minimum atomic E-state index is -4.90. The number of rotatable bonds is 6. The van der Waals surface area contributed by atoms with E-state index in [1.54, 1.807) is 0 Å². The number of ether oxygens (including phenoxy) is 2. The SMILES string of the molecule is Cl.N=C(N)c1ccc(NC(=O)[C@H](O)[C@H]2OCCN(c3cccc(OC(F)(F)F)c3)C2=O)cc1. The molecule has 2 aromatic rings. The number of alkyl halides is 3. The maximum atomic E-state index is 12.8. The van der Waals surface area contributed by atoms with Gasteiger partial charge in [-0.2, -0.15) is 0 Å². The number of nitrogens with one attached hydrogen (secondary N) is 2. The number of halogens is 4. The number of nitrogens with zero attached hydrogens (tertiary/aromatic N) is 1. The fourth-order valence-corrected chi connectivity index (χ4v) is 3.02. The fraction of sp³-hybridized carbons (Fsp3) is 0.250. The number of benzene rings is 2. The lowest BCUT2D eigenvalue weighted by molar-refractivity contribution is -0.274. The first-order chi connectivity index (χ1) is 15.0. The third-order valence-electron chi connectivity index (χ3n) is 4.50. The molecule has 0 bridgehead atoms. The zero-order chi connectivity index (χ0) is 23.5. The van der Waals surface area contributed by atoms with Gasteiger partial charge in [0, 0.05) is 29.5 Å². The van der Waals surface area contributed by atoms with Gasteiger partial charge in [-0.25, -0.2) is 0 Å². The number of carbonyl (C=O) groups excluding carboxylic acids is 2. The van der Waals surface area contributed by atoms with Crippen LogP contribution in [0, 0.1) is 5.41 Å². The Bertz CT molecular complexity index is 1020. The second-order valence-corrected chi connectivity index (χ2v) is 6.75. The summed E-state index contributed by atoms with van der Waals surface area (Å²) in [5, 5.41) is 20.1. The first kappa shape index (κ1) is 25.9. The minimum absolute atomic E-state index is 0. The summed E-state index contributed by atoms with van der Waals surface area (Å²) in [6, 6.07) is 10.7. The number of nitrogen functional groups attached to an aromatic ring is 1. The van der Waals surface area contributed by atoms with E-state index in [0.717, 1.165) is 17.0 Å². The van der Waals surface area contributed by atoms with Crippen LogP contribution in [-0.4, -0.2) is 54.5 Å². The maximum absolute atomic E-state index is 12.8. The van der Waals surface area contributed by atoms with E-state index in [-0.39, 0.29) is 42.8 Å². The monoisotopic (exact) mass is 488 g/mol. The average Bonchev–Trinajstić information content (AvgIpc) is 2.72. The summed E-state index contributed by atoms with van der Waals surface area (Å²) >= 11 is 0. The molecule has 0 unspecified atom stereocenters. The van der Waals surface area contributed by atoms with Crippen molar-refractivity contribution in [2.45, 2.75) is 18.6 Å². The molecule has 0 aromatic heterocycles. The van der Waals surface area contributed by atoms with E-state index in [1.807, 2.05) is 0 Å². The van der Waals surface area contributed by atoms with Gasteiger partial charge in [0.2, 0.25) is 0 Å². The van der Waals surface area contributed by atoms with Crippen molar-refractivity contribution >= 4 is 41.4 Å². The van der Waals surface area contributed by atoms with Crippen molar-refractivity contribution in [1.29, 1.82) is 5.41 Å². The molecule has 0 aliphatic carbocycles. The van der Waals surface area contributed by atoms with Crippen LogP contribution in [0.2, 0.25) is 0 Å². The Hall–Kier alpha value is -3.35. The van der Waals surface area contributed by atoms with Crippen molar-refractivity contribution in [1.82, 2.24) is 0 Å². The number of hydrogen-bond acceptors (Lipinski definition) is 6. The number of aliphatic hydroxyl groups is 1. The fourth-order valence-electron chi connectivity index (χ4n) is 3.02. The average molecular weight is 489 g/mol. The number of amides is 2. The highest BCUT2D eigenvalue weighted by molar-refractivity contribution is 6.04. The first-order valence-corrected chi connectivity index (χ1v) is 9.27. The number of nitrogens with two attached hydrogens (primary N) is 1. The smallest absolute Gasteiger partial charge is 0.406 e. The van der Waals surface area contributed by atoms with Crippen LogP contribution in [-0.2, 0) is 14.3 Å². The zero-order valence-electron chi connectivity index (χ0n) is 16.8. The number of carbonyl (C=O) groups is 2. The summed E-state index contributed by atoms with van der Waals surface area (Å²) < 4.78 is 46.5. The van der Waals surface area contributed by atoms with Gasteiger partial charge in [0.05, 0.1) is 6.61 Å². The summed E-state index contributed by atoms with van der Waals surface area (Å²) in [6.45, 7) is -0.0515. The Balaban J connectivity index is 0.00000385. The van der Waals surface area contributed by atoms with Crippen molar-refractivity contribution in [3.63, 3.8) is 0 Å². The number of aliphatic hydroxyl groups excluding tert-OH is 1. The van der Waals surface area contributed by atoms with Crippen molar-refractivity contribution in [2.24, 2.45) is 5.73 Å². The molecule has 0 radical (unpaired) electrons. The molecule has 1 aliphatic heterocycles. The summed E-state index contributed by atoms with van der Waals surface area (Å²) in [4.78, 5) is 26.3. The molecule has 2 amide bonds. The van der Waals surface area contributed by atoms with E-state index < -0.39 is 36.1 Å². The summed E-state index contributed by atoms with van der Waals surface area (Å²) in [5.41, 5.74) is 6.18. The minimum Gasteiger partial charge on any atom is -0.406 e. The highest BCUT2D eigenvalue weighted by atomic mass is 35.5. The van der Waals surface area contributed by atoms with Gasteiger partial charge >= 0.3 is 6.36 Å². The number of anilines is 2. The highest BCUT2D eigenvalue weighted by Crippen LogP contribution is 2.28. The third-order valence-corrected chi connectivity index (χ3v) is 4.50. The summed E-state index contributed by atoms with van der Waals surface area (Å²) in [7, 11) is 0. The number of morpholine rings is 1. The second kappa shape index (κ2) is 10.5. The molecule has 3 rings (SSSR count). The van der Waals surface area contributed by atoms with E-state index in [2.05, 4.69) is 10.1 Å². The topological polar surface area (TPSA) is 138 Å². The van der Waals surface area contributed by atoms with E-state index in [0.29, 0.717) is 5.56 Å². The van der Waals surface area contributed by atoms with Crippen LogP contribution in [0.3, 0.4) is 0 Å². The summed E-state index contributed by atoms with van der Waals surface area (Å²) in [5.74, 6) is -2.39. The Morgan fingerprint density at radius 3 is 2.55 bits per heavy atom. The van der Waals surface area contributed by atoms with Crippen molar-refractivity contribution in [2.75, 3.05) is 23.4 Å². The molecule has 13 heteroatoms. The Morgan fingerprint density at radius 1 is 1.27 bits per heavy atom. The van der Waals surface area contributed by atoms with Gasteiger partial charge in [0.15, 0.2) is 12.2 Å². The molecule has 0 spiro atoms. The Kier molecular flexibility index (Phi) is 8.25. The van der Waals surface area contributed by atoms with Gasteiger partial charge in [-0.3, -0.25) is 15.0 Å². The van der Waals surface area contributed by atoms with Crippen LogP contribution < -0.4 is 20.7 Å². The van der Waals surface area contributed by atoms with Gasteiger partial charge in [-0.1, -0.05) is 6.07 Å². The van der Waals surface area contributed by atoms with E-state index in [1.165, 1.54) is 36.4 Å². The number of amidine groups is 1. The molecule has 178 valence electrons. The predicted octanol–water partition coefficient (Wildman–Crippen LogP) is 2.02. The van der Waals surface area contributed by atoms with Gasteiger partial charge in [0.25, 0.3) is 11.8 Å². The highest BCUT2D eigenvalue weighted by Gasteiger charge is 2.39. The molecular weight excluding hydrogens is 469 g/mol. The van der Waals surface area contributed by atoms with Gasteiger partial charge in [0.1, 0.15) is 11.6 Å². The van der Waals surface area contributed by atoms with Crippen LogP contribution in [0.1, 0.15) is 5.56 Å². The zero-order valence-corrected chi connectivity index (χ0v) is 17.7. The van der Waals surface area contributed by atoms with Gasteiger partial charge in [-0.05, 0) is 36.4 Å². The molecule has 5 N–H and O–H groups in total. The first-order valence-electron chi connectivity index (χ1n) is 9.27. The molecule has 2 atom stereocenters. The number of hydrogen-bond donors (Lipinski definition) is 4. The van der Waals surface area contributed by atoms with Crippen molar-refractivity contribution < 1.29 is 37.3 Å². The normalized spacial score (nSPS) is 17.0. The maximum Gasteiger partial charge on any atom is 0.573 e. The summed E-state index contributed by atoms with van der Waals surface area (Å²) in [6.07, 6.45) is -8.34. The largest absolute Gasteiger partial charge is 0.573 e. The second-order valence-electron chi connectivity index (χ2n) is 6.75. The molecule has 1 aliphatic rings. The Morgan fingerprint density at radius 2 is 1.94 bits per heavy atom. The van der Waals surface area contributed by atoms with Gasteiger partial charge < -0.3 is 30.5 Å². The van der Waals surface area contributed by atoms with Crippen LogP contribution in [0.4, 0.5) is 24.5 Å². The molecule has 0 saturated carbocycles. The van der Waals surface area contributed by atoms with Crippen LogP contribution >= 0.6 is 12.4 Å². The molecule has 2 aromatic carbocycles. The van der Waals surface area contributed by atoms with E-state index >= 15 is 0 Å². The van der Waals surface area contributed by atoms with Crippen molar-refractivity contribution in [3.05, 3.63) is 54.1 Å². The van der Waals surface area contributed by atoms with E-state index in [9.17, 15) is 27.9 Å². The quantitative estimate of drug-likeness (QED) is 0.362. The molecule has 1 heterocycles. The van der Waals surface area contributed by atoms with Crippen LogP contribution in [0.5, 0.6) is 5.75 Å². The molecule has 9 nitrogen and oxygen atoms in total. The molecule has 1 fully saturated rings.